The molecule has 0 aromatic heterocycles. The highest BCUT2D eigenvalue weighted by Crippen LogP contribution is 2.42. The van der Waals surface area contributed by atoms with Crippen LogP contribution in [0.1, 0.15) is 17.5 Å². The van der Waals surface area contributed by atoms with Crippen LogP contribution < -0.4 is 0 Å². The molecule has 1 heterocycles. The second-order valence-electron chi connectivity index (χ2n) is 6.09. The van der Waals surface area contributed by atoms with Gasteiger partial charge in [0.2, 0.25) is 0 Å². The van der Waals surface area contributed by atoms with Gasteiger partial charge in [-0.1, -0.05) is 60.7 Å². The molecule has 0 saturated heterocycles. The molecule has 0 N–H and O–H groups in total. The summed E-state index contributed by atoms with van der Waals surface area (Å²) >= 11 is 0. The summed E-state index contributed by atoms with van der Waals surface area (Å²) in [6, 6.07) is 8.68. The van der Waals surface area contributed by atoms with Crippen LogP contribution in [0.25, 0.3) is 5.57 Å². The maximum absolute atomic E-state index is 4.93. The third kappa shape index (κ3) is 1.69. The molecule has 1 heteroatoms. The normalized spacial score (nSPS) is 20.9. The Kier molecular flexibility index (Phi) is 2.39. The minimum Gasteiger partial charge on any atom is -0.252 e. The molecule has 2 bridgehead atoms. The van der Waals surface area contributed by atoms with Gasteiger partial charge in [-0.3, -0.25) is 4.99 Å². The van der Waals surface area contributed by atoms with Gasteiger partial charge in [-0.2, -0.15) is 0 Å². The summed E-state index contributed by atoms with van der Waals surface area (Å²) in [6.07, 6.45) is 17.3. The molecule has 22 heavy (non-hydrogen) atoms. The Balaban J connectivity index is 1.76. The van der Waals surface area contributed by atoms with E-state index in [2.05, 4.69) is 66.8 Å². The van der Waals surface area contributed by atoms with Crippen LogP contribution in [-0.2, 0) is 6.42 Å². The van der Waals surface area contributed by atoms with Crippen LogP contribution in [0, 0.1) is 0 Å². The van der Waals surface area contributed by atoms with E-state index in [1.54, 1.807) is 0 Å². The fraction of sp³-hybridized carbons (Fsp3) is 0.0952. The fourth-order valence-electron chi connectivity index (χ4n) is 3.64. The standard InChI is InChI=1S/C21H15N/c1-2-6-15-11-14(5-1)9-10-18-19(12-15)22-20-13-16-7-3-4-8-17(16)21(18)20/h1-10,12H,11,13H2. The van der Waals surface area contributed by atoms with Gasteiger partial charge < -0.3 is 0 Å². The van der Waals surface area contributed by atoms with Crippen LogP contribution in [0.3, 0.4) is 0 Å². The second-order valence-corrected chi connectivity index (χ2v) is 6.09. The zero-order valence-electron chi connectivity index (χ0n) is 12.2. The highest BCUT2D eigenvalue weighted by Gasteiger charge is 2.31. The summed E-state index contributed by atoms with van der Waals surface area (Å²) in [7, 11) is 0. The third-order valence-electron chi connectivity index (χ3n) is 4.66. The molecule has 5 rings (SSSR count). The van der Waals surface area contributed by atoms with E-state index in [9.17, 15) is 0 Å². The summed E-state index contributed by atoms with van der Waals surface area (Å²) < 4.78 is 0. The Morgan fingerprint density at radius 3 is 2.68 bits per heavy atom. The molecular weight excluding hydrogens is 266 g/mol. The molecule has 0 radical (unpaired) electrons. The van der Waals surface area contributed by atoms with Crippen molar-refractivity contribution in [2.75, 3.05) is 0 Å². The van der Waals surface area contributed by atoms with Gasteiger partial charge in [0.25, 0.3) is 0 Å². The van der Waals surface area contributed by atoms with E-state index in [4.69, 9.17) is 4.99 Å². The van der Waals surface area contributed by atoms with Crippen molar-refractivity contribution in [2.45, 2.75) is 12.8 Å². The van der Waals surface area contributed by atoms with Crippen molar-refractivity contribution in [2.24, 2.45) is 4.99 Å². The molecule has 0 unspecified atom stereocenters. The molecule has 3 aliphatic carbocycles. The molecule has 0 spiro atoms. The van der Waals surface area contributed by atoms with Gasteiger partial charge in [0.05, 0.1) is 11.4 Å². The van der Waals surface area contributed by atoms with Crippen LogP contribution in [0.4, 0.5) is 0 Å². The van der Waals surface area contributed by atoms with Crippen molar-refractivity contribution in [3.05, 3.63) is 100 Å². The van der Waals surface area contributed by atoms with Crippen molar-refractivity contribution in [3.8, 4) is 0 Å². The molecule has 0 amide bonds. The second kappa shape index (κ2) is 4.41. The molecule has 0 saturated carbocycles. The lowest BCUT2D eigenvalue weighted by atomic mass is 9.95. The van der Waals surface area contributed by atoms with Gasteiger partial charge in [0, 0.05) is 17.6 Å². The first-order valence-electron chi connectivity index (χ1n) is 7.75. The fourth-order valence-corrected chi connectivity index (χ4v) is 3.64. The van der Waals surface area contributed by atoms with Crippen LogP contribution in [0.2, 0.25) is 0 Å². The molecule has 104 valence electrons. The summed E-state index contributed by atoms with van der Waals surface area (Å²) in [4.78, 5) is 4.93. The number of hydrogen-bond acceptors (Lipinski definition) is 1. The monoisotopic (exact) mass is 281 g/mol. The Morgan fingerprint density at radius 1 is 0.864 bits per heavy atom. The Morgan fingerprint density at radius 2 is 1.73 bits per heavy atom. The van der Waals surface area contributed by atoms with E-state index in [1.165, 1.54) is 39.1 Å². The lowest BCUT2D eigenvalue weighted by Gasteiger charge is -2.10. The Bertz CT molecular complexity index is 911. The number of nitrogens with zero attached hydrogens (tertiary/aromatic N) is 1. The molecule has 0 fully saturated rings. The average molecular weight is 281 g/mol. The van der Waals surface area contributed by atoms with E-state index in [-0.39, 0.29) is 0 Å². The van der Waals surface area contributed by atoms with E-state index in [0.717, 1.165) is 18.5 Å². The third-order valence-corrected chi connectivity index (χ3v) is 4.66. The van der Waals surface area contributed by atoms with Gasteiger partial charge in [-0.25, -0.2) is 0 Å². The molecule has 4 aliphatic rings. The van der Waals surface area contributed by atoms with Crippen LogP contribution in [0.15, 0.2) is 94.2 Å². The lowest BCUT2D eigenvalue weighted by Crippen LogP contribution is -1.92. The minimum atomic E-state index is 0.960. The zero-order chi connectivity index (χ0) is 14.5. The van der Waals surface area contributed by atoms with Gasteiger partial charge in [0.15, 0.2) is 0 Å². The van der Waals surface area contributed by atoms with E-state index < -0.39 is 0 Å². The number of allylic oxidation sites excluding steroid dienone is 10. The predicted molar refractivity (Wildman–Crippen MR) is 91.6 cm³/mol. The van der Waals surface area contributed by atoms with Crippen LogP contribution in [-0.4, -0.2) is 5.71 Å². The highest BCUT2D eigenvalue weighted by molar-refractivity contribution is 6.32. The van der Waals surface area contributed by atoms with Crippen molar-refractivity contribution in [3.63, 3.8) is 0 Å². The maximum Gasteiger partial charge on any atom is 0.0715 e. The summed E-state index contributed by atoms with van der Waals surface area (Å²) in [5, 5.41) is 0. The quantitative estimate of drug-likeness (QED) is 0.652. The summed E-state index contributed by atoms with van der Waals surface area (Å²) in [5.74, 6) is 0. The Labute approximate surface area is 130 Å². The van der Waals surface area contributed by atoms with Gasteiger partial charge >= 0.3 is 0 Å². The number of benzene rings is 1. The maximum atomic E-state index is 4.93. The largest absolute Gasteiger partial charge is 0.252 e. The number of rotatable bonds is 0. The van der Waals surface area contributed by atoms with E-state index in [1.807, 2.05) is 0 Å². The molecule has 1 nitrogen and oxygen atoms in total. The SMILES string of the molecule is C1=CC=C2C=C3N=C4Cc5ccccc5C4=C3C=CC(=C1)C2. The summed E-state index contributed by atoms with van der Waals surface area (Å²) in [6.45, 7) is 0. The molecule has 0 atom stereocenters. The predicted octanol–water partition coefficient (Wildman–Crippen LogP) is 4.72. The number of fused-ring (bicyclic) bond motifs is 6. The topological polar surface area (TPSA) is 12.4 Å². The molecule has 1 aliphatic heterocycles. The van der Waals surface area contributed by atoms with Crippen molar-refractivity contribution < 1.29 is 0 Å². The van der Waals surface area contributed by atoms with Gasteiger partial charge in [0.1, 0.15) is 0 Å². The van der Waals surface area contributed by atoms with Crippen molar-refractivity contribution in [1.29, 1.82) is 0 Å². The lowest BCUT2D eigenvalue weighted by molar-refractivity contribution is 1.18. The highest BCUT2D eigenvalue weighted by atomic mass is 14.8. The number of aliphatic imine (C=N–C) groups is 1. The van der Waals surface area contributed by atoms with E-state index >= 15 is 0 Å². The van der Waals surface area contributed by atoms with Gasteiger partial charge in [-0.05, 0) is 34.8 Å². The minimum absolute atomic E-state index is 0.960. The first-order chi connectivity index (χ1) is 10.9. The summed E-state index contributed by atoms with van der Waals surface area (Å²) in [5.41, 5.74) is 10.4. The Hall–Kier alpha value is -2.67. The molecular formula is C21H15N. The zero-order valence-corrected chi connectivity index (χ0v) is 12.2. The van der Waals surface area contributed by atoms with E-state index in [0.29, 0.717) is 0 Å². The van der Waals surface area contributed by atoms with Crippen LogP contribution >= 0.6 is 0 Å². The first kappa shape index (κ1) is 11.9. The first-order valence-corrected chi connectivity index (χ1v) is 7.75. The smallest absolute Gasteiger partial charge is 0.0715 e. The van der Waals surface area contributed by atoms with Crippen LogP contribution in [0.5, 0.6) is 0 Å². The van der Waals surface area contributed by atoms with Gasteiger partial charge in [-0.15, -0.1) is 0 Å². The van der Waals surface area contributed by atoms with Crippen molar-refractivity contribution >= 4 is 11.3 Å². The average Bonchev–Trinajstić information content (AvgIpc) is 2.90. The van der Waals surface area contributed by atoms with Crippen molar-refractivity contribution in [1.82, 2.24) is 0 Å². The number of hydrogen-bond donors (Lipinski definition) is 0. The molecule has 1 aromatic rings. The molecule has 1 aromatic carbocycles.